The Morgan fingerprint density at radius 3 is 2.44 bits per heavy atom. The zero-order chi connectivity index (χ0) is 22.7. The van der Waals surface area contributed by atoms with E-state index in [9.17, 15) is 13.2 Å². The molecule has 0 radical (unpaired) electrons. The molecule has 1 aromatic heterocycles. The third-order valence-electron chi connectivity index (χ3n) is 4.37. The van der Waals surface area contributed by atoms with Crippen molar-refractivity contribution in [3.8, 4) is 11.3 Å². The molecule has 32 heavy (non-hydrogen) atoms. The van der Waals surface area contributed by atoms with Gasteiger partial charge >= 0.3 is 0 Å². The van der Waals surface area contributed by atoms with Gasteiger partial charge in [0.15, 0.2) is 5.13 Å². The van der Waals surface area contributed by atoms with E-state index < -0.39 is 15.9 Å². The van der Waals surface area contributed by atoms with E-state index in [-0.39, 0.29) is 16.1 Å². The van der Waals surface area contributed by atoms with Crippen molar-refractivity contribution in [3.63, 3.8) is 0 Å². The highest BCUT2D eigenvalue weighted by Crippen LogP contribution is 2.30. The summed E-state index contributed by atoms with van der Waals surface area (Å²) in [6, 6.07) is 19.4. The normalized spacial score (nSPS) is 11.2. The van der Waals surface area contributed by atoms with Crippen LogP contribution < -0.4 is 10.0 Å². The highest BCUT2D eigenvalue weighted by molar-refractivity contribution is 7.92. The van der Waals surface area contributed by atoms with Crippen molar-refractivity contribution < 1.29 is 13.2 Å². The predicted octanol–water partition coefficient (Wildman–Crippen LogP) is 6.17. The van der Waals surface area contributed by atoms with Crippen LogP contribution in [0.15, 0.2) is 83.1 Å². The average molecular weight is 504 g/mol. The Balaban J connectivity index is 1.49. The molecule has 0 aliphatic heterocycles. The minimum absolute atomic E-state index is 0.132. The molecule has 0 saturated carbocycles. The lowest BCUT2D eigenvalue weighted by atomic mass is 10.2. The van der Waals surface area contributed by atoms with Crippen LogP contribution in [0.25, 0.3) is 11.3 Å². The van der Waals surface area contributed by atoms with Gasteiger partial charge in [-0.2, -0.15) is 0 Å². The molecule has 162 valence electrons. The van der Waals surface area contributed by atoms with Crippen molar-refractivity contribution in [2.45, 2.75) is 4.90 Å². The first-order valence-electron chi connectivity index (χ1n) is 9.22. The average Bonchev–Trinajstić information content (AvgIpc) is 3.24. The fourth-order valence-electron chi connectivity index (χ4n) is 2.83. The Morgan fingerprint density at radius 2 is 1.69 bits per heavy atom. The minimum Gasteiger partial charge on any atom is -0.298 e. The Bertz CT molecular complexity index is 1390. The minimum atomic E-state index is -3.76. The molecular weight excluding hydrogens is 489 g/mol. The number of carbonyl (C=O) groups excluding carboxylic acids is 1. The number of nitrogens with one attached hydrogen (secondary N) is 2. The number of carbonyl (C=O) groups is 1. The summed E-state index contributed by atoms with van der Waals surface area (Å²) < 4.78 is 27.5. The highest BCUT2D eigenvalue weighted by atomic mass is 35.5. The Hall–Kier alpha value is -2.91. The van der Waals surface area contributed by atoms with Crippen LogP contribution in [0.4, 0.5) is 10.8 Å². The van der Waals surface area contributed by atoms with E-state index in [1.54, 1.807) is 60.0 Å². The summed E-state index contributed by atoms with van der Waals surface area (Å²) in [6.07, 6.45) is 0. The molecule has 3 aromatic carbocycles. The lowest BCUT2D eigenvalue weighted by Crippen LogP contribution is -2.15. The number of rotatable bonds is 6. The van der Waals surface area contributed by atoms with Gasteiger partial charge in [-0.1, -0.05) is 53.5 Å². The summed E-state index contributed by atoms with van der Waals surface area (Å²) in [5.74, 6) is -0.416. The molecule has 0 saturated heterocycles. The fraction of sp³-hybridized carbons (Fsp3) is 0. The summed E-state index contributed by atoms with van der Waals surface area (Å²) in [5.41, 5.74) is 1.98. The van der Waals surface area contributed by atoms with Crippen LogP contribution in [-0.4, -0.2) is 19.3 Å². The van der Waals surface area contributed by atoms with E-state index in [0.29, 0.717) is 20.9 Å². The summed E-state index contributed by atoms with van der Waals surface area (Å²) in [5, 5.41) is 5.77. The number of hydrogen-bond donors (Lipinski definition) is 2. The first kappa shape index (κ1) is 22.3. The number of anilines is 2. The number of benzene rings is 3. The van der Waals surface area contributed by atoms with Crippen molar-refractivity contribution in [2.24, 2.45) is 0 Å². The number of nitrogens with zero attached hydrogens (tertiary/aromatic N) is 1. The van der Waals surface area contributed by atoms with Crippen LogP contribution in [0.1, 0.15) is 10.4 Å². The third-order valence-corrected chi connectivity index (χ3v) is 7.26. The van der Waals surface area contributed by atoms with Gasteiger partial charge in [0.1, 0.15) is 0 Å². The molecular formula is C22H15Cl2N3O3S2. The van der Waals surface area contributed by atoms with Gasteiger partial charge in [-0.05, 0) is 42.5 Å². The molecule has 6 nitrogen and oxygen atoms in total. The van der Waals surface area contributed by atoms with Gasteiger partial charge in [-0.3, -0.25) is 14.8 Å². The quantitative estimate of drug-likeness (QED) is 0.329. The smallest absolute Gasteiger partial charge is 0.261 e. The van der Waals surface area contributed by atoms with E-state index in [1.165, 1.54) is 29.5 Å². The molecule has 0 fully saturated rings. The molecule has 0 spiro atoms. The van der Waals surface area contributed by atoms with Gasteiger partial charge in [-0.25, -0.2) is 13.4 Å². The van der Waals surface area contributed by atoms with Gasteiger partial charge in [0.25, 0.3) is 15.9 Å². The van der Waals surface area contributed by atoms with Crippen molar-refractivity contribution in [1.29, 1.82) is 0 Å². The lowest BCUT2D eigenvalue weighted by molar-refractivity contribution is 0.102. The van der Waals surface area contributed by atoms with E-state index >= 15 is 0 Å². The molecule has 0 unspecified atom stereocenters. The van der Waals surface area contributed by atoms with E-state index in [0.717, 1.165) is 5.56 Å². The monoisotopic (exact) mass is 503 g/mol. The molecule has 10 heteroatoms. The predicted molar refractivity (Wildman–Crippen MR) is 129 cm³/mol. The Kier molecular flexibility index (Phi) is 6.48. The molecule has 4 rings (SSSR count). The van der Waals surface area contributed by atoms with Crippen molar-refractivity contribution in [3.05, 3.63) is 93.8 Å². The maximum absolute atomic E-state index is 12.7. The summed E-state index contributed by atoms with van der Waals surface area (Å²) in [4.78, 5) is 17.2. The number of amides is 1. The van der Waals surface area contributed by atoms with Gasteiger partial charge in [0.2, 0.25) is 0 Å². The van der Waals surface area contributed by atoms with Crippen LogP contribution in [0.5, 0.6) is 0 Å². The van der Waals surface area contributed by atoms with Crippen LogP contribution in [-0.2, 0) is 10.0 Å². The van der Waals surface area contributed by atoms with Crippen LogP contribution in [0.3, 0.4) is 0 Å². The Morgan fingerprint density at radius 1 is 0.906 bits per heavy atom. The number of sulfonamides is 1. The molecule has 2 N–H and O–H groups in total. The maximum Gasteiger partial charge on any atom is 0.261 e. The largest absolute Gasteiger partial charge is 0.298 e. The van der Waals surface area contributed by atoms with Crippen molar-refractivity contribution >= 4 is 61.3 Å². The molecule has 0 bridgehead atoms. The van der Waals surface area contributed by atoms with Gasteiger partial charge in [0, 0.05) is 22.2 Å². The second-order valence-corrected chi connectivity index (χ2v) is 9.98. The first-order valence-corrected chi connectivity index (χ1v) is 12.3. The zero-order valence-corrected chi connectivity index (χ0v) is 19.4. The summed E-state index contributed by atoms with van der Waals surface area (Å²) in [7, 11) is -3.76. The fourth-order valence-corrected chi connectivity index (χ4v) is 4.91. The molecule has 1 heterocycles. The van der Waals surface area contributed by atoms with Crippen molar-refractivity contribution in [2.75, 3.05) is 10.0 Å². The third kappa shape index (κ3) is 5.11. The molecule has 0 aliphatic carbocycles. The SMILES string of the molecule is O=C(Nc1nc(-c2ccc(Cl)c(Cl)c2)cs1)c1cccc(NS(=O)(=O)c2ccccc2)c1. The van der Waals surface area contributed by atoms with E-state index in [2.05, 4.69) is 15.0 Å². The molecule has 0 aliphatic rings. The number of thiazole rings is 1. The first-order chi connectivity index (χ1) is 15.3. The van der Waals surface area contributed by atoms with Crippen LogP contribution in [0.2, 0.25) is 10.0 Å². The Labute approximate surface area is 198 Å². The number of aromatic nitrogens is 1. The van der Waals surface area contributed by atoms with Gasteiger partial charge in [0.05, 0.1) is 20.6 Å². The topological polar surface area (TPSA) is 88.2 Å². The van der Waals surface area contributed by atoms with Gasteiger partial charge < -0.3 is 0 Å². The summed E-state index contributed by atoms with van der Waals surface area (Å²) >= 11 is 13.3. The highest BCUT2D eigenvalue weighted by Gasteiger charge is 2.15. The lowest BCUT2D eigenvalue weighted by Gasteiger charge is -2.09. The van der Waals surface area contributed by atoms with Crippen LogP contribution in [0, 0.1) is 0 Å². The van der Waals surface area contributed by atoms with Crippen LogP contribution >= 0.6 is 34.5 Å². The van der Waals surface area contributed by atoms with E-state index in [4.69, 9.17) is 23.2 Å². The molecule has 4 aromatic rings. The standard InChI is InChI=1S/C22H15Cl2N3O3S2/c23-18-10-9-14(12-19(18)24)20-13-31-22(25-20)26-21(28)15-5-4-6-16(11-15)27-32(29,30)17-7-2-1-3-8-17/h1-13,27H,(H,25,26,28). The molecule has 1 amide bonds. The number of hydrogen-bond acceptors (Lipinski definition) is 5. The molecule has 0 atom stereocenters. The van der Waals surface area contributed by atoms with Crippen molar-refractivity contribution in [1.82, 2.24) is 4.98 Å². The maximum atomic E-state index is 12.7. The second-order valence-electron chi connectivity index (χ2n) is 6.62. The number of halogens is 2. The van der Waals surface area contributed by atoms with E-state index in [1.807, 2.05) is 0 Å². The van der Waals surface area contributed by atoms with Gasteiger partial charge in [-0.15, -0.1) is 11.3 Å². The zero-order valence-electron chi connectivity index (χ0n) is 16.2. The second kappa shape index (κ2) is 9.30. The summed E-state index contributed by atoms with van der Waals surface area (Å²) in [6.45, 7) is 0.